The standard InChI is InChI=1S/C19H18F2N4O/c1-12(20)14-5-7-17(22-10-14)24-19(26)16-4-3-9-25(16)18-8-6-15(11-23-18)13(2)21/h5-8,10-11,16H,1-4,9H2,(H,22,24,26). The minimum Gasteiger partial charge on any atom is -0.345 e. The highest BCUT2D eigenvalue weighted by Gasteiger charge is 2.31. The summed E-state index contributed by atoms with van der Waals surface area (Å²) in [6.45, 7) is 7.12. The molecular formula is C19H18F2N4O. The second kappa shape index (κ2) is 7.43. The summed E-state index contributed by atoms with van der Waals surface area (Å²) in [4.78, 5) is 22.7. The van der Waals surface area contributed by atoms with Gasteiger partial charge >= 0.3 is 0 Å². The average Bonchev–Trinajstić information content (AvgIpc) is 3.12. The molecule has 3 heterocycles. The fourth-order valence-corrected chi connectivity index (χ4v) is 2.87. The molecule has 1 aliphatic heterocycles. The summed E-state index contributed by atoms with van der Waals surface area (Å²) in [6.07, 6.45) is 4.22. The van der Waals surface area contributed by atoms with E-state index < -0.39 is 17.7 Å². The number of carbonyl (C=O) groups excluding carboxylic acids is 1. The van der Waals surface area contributed by atoms with Crippen LogP contribution >= 0.6 is 0 Å². The fraction of sp³-hybridized carbons (Fsp3) is 0.211. The van der Waals surface area contributed by atoms with Gasteiger partial charge in [-0.1, -0.05) is 13.2 Å². The summed E-state index contributed by atoms with van der Waals surface area (Å²) in [5.41, 5.74) is 0.580. The van der Waals surface area contributed by atoms with Gasteiger partial charge in [0.15, 0.2) is 0 Å². The van der Waals surface area contributed by atoms with Crippen LogP contribution in [-0.4, -0.2) is 28.5 Å². The van der Waals surface area contributed by atoms with E-state index in [-0.39, 0.29) is 11.5 Å². The molecule has 134 valence electrons. The fourth-order valence-electron chi connectivity index (χ4n) is 2.87. The smallest absolute Gasteiger partial charge is 0.248 e. The molecule has 1 unspecified atom stereocenters. The number of rotatable bonds is 5. The van der Waals surface area contributed by atoms with Crippen LogP contribution < -0.4 is 10.2 Å². The predicted octanol–water partition coefficient (Wildman–Crippen LogP) is 3.96. The van der Waals surface area contributed by atoms with Crippen molar-refractivity contribution in [3.05, 3.63) is 60.9 Å². The maximum Gasteiger partial charge on any atom is 0.248 e. The monoisotopic (exact) mass is 356 g/mol. The Balaban J connectivity index is 1.71. The summed E-state index contributed by atoms with van der Waals surface area (Å²) in [7, 11) is 0. The zero-order chi connectivity index (χ0) is 18.7. The Morgan fingerprint density at radius 3 is 2.27 bits per heavy atom. The van der Waals surface area contributed by atoms with Gasteiger partial charge in [-0.2, -0.15) is 0 Å². The molecule has 3 rings (SSSR count). The van der Waals surface area contributed by atoms with Crippen molar-refractivity contribution in [2.45, 2.75) is 18.9 Å². The van der Waals surface area contributed by atoms with E-state index in [1.54, 1.807) is 12.1 Å². The Hall–Kier alpha value is -3.09. The molecule has 0 spiro atoms. The van der Waals surface area contributed by atoms with Gasteiger partial charge < -0.3 is 10.2 Å². The second-order valence-electron chi connectivity index (χ2n) is 5.99. The van der Waals surface area contributed by atoms with Crippen LogP contribution in [0.2, 0.25) is 0 Å². The Bertz CT molecular complexity index is 834. The van der Waals surface area contributed by atoms with E-state index >= 15 is 0 Å². The number of halogens is 2. The van der Waals surface area contributed by atoms with Crippen molar-refractivity contribution in [3.8, 4) is 0 Å². The lowest BCUT2D eigenvalue weighted by molar-refractivity contribution is -0.117. The lowest BCUT2D eigenvalue weighted by Crippen LogP contribution is -2.40. The molecule has 26 heavy (non-hydrogen) atoms. The van der Waals surface area contributed by atoms with Gasteiger partial charge in [0.2, 0.25) is 5.91 Å². The SMILES string of the molecule is C=C(F)c1ccc(NC(=O)C2CCCN2c2ccc(C(=C)F)cn2)nc1. The number of anilines is 2. The average molecular weight is 356 g/mol. The van der Waals surface area contributed by atoms with Gasteiger partial charge in [0.1, 0.15) is 29.3 Å². The van der Waals surface area contributed by atoms with Crippen LogP contribution in [0.3, 0.4) is 0 Å². The van der Waals surface area contributed by atoms with Crippen molar-refractivity contribution in [1.29, 1.82) is 0 Å². The van der Waals surface area contributed by atoms with Gasteiger partial charge in [0.25, 0.3) is 0 Å². The Labute approximate surface area is 150 Å². The van der Waals surface area contributed by atoms with E-state index in [1.807, 2.05) is 4.90 Å². The molecule has 2 aromatic rings. The van der Waals surface area contributed by atoms with Crippen LogP contribution in [0.4, 0.5) is 20.4 Å². The lowest BCUT2D eigenvalue weighted by Gasteiger charge is -2.24. The molecule has 5 nitrogen and oxygen atoms in total. The maximum absolute atomic E-state index is 13.1. The zero-order valence-electron chi connectivity index (χ0n) is 14.1. The molecule has 1 aliphatic rings. The van der Waals surface area contributed by atoms with Gasteiger partial charge in [-0.3, -0.25) is 4.79 Å². The first kappa shape index (κ1) is 17.7. The summed E-state index contributed by atoms with van der Waals surface area (Å²) in [5, 5.41) is 2.73. The molecule has 0 radical (unpaired) electrons. The molecule has 0 bridgehead atoms. The van der Waals surface area contributed by atoms with E-state index in [0.29, 0.717) is 30.2 Å². The number of nitrogens with zero attached hydrogens (tertiary/aromatic N) is 3. The number of hydrogen-bond acceptors (Lipinski definition) is 4. The Kier molecular flexibility index (Phi) is 5.06. The zero-order valence-corrected chi connectivity index (χ0v) is 14.1. The van der Waals surface area contributed by atoms with Gasteiger partial charge in [-0.25, -0.2) is 18.7 Å². The first-order chi connectivity index (χ1) is 12.5. The molecule has 1 atom stereocenters. The lowest BCUT2D eigenvalue weighted by atomic mass is 10.2. The molecule has 2 aromatic heterocycles. The quantitative estimate of drug-likeness (QED) is 0.881. The third-order valence-electron chi connectivity index (χ3n) is 4.24. The number of aromatic nitrogens is 2. The number of hydrogen-bond donors (Lipinski definition) is 1. The highest BCUT2D eigenvalue weighted by Crippen LogP contribution is 2.26. The topological polar surface area (TPSA) is 58.1 Å². The van der Waals surface area contributed by atoms with Crippen molar-refractivity contribution >= 4 is 29.2 Å². The molecule has 0 saturated carbocycles. The predicted molar refractivity (Wildman–Crippen MR) is 97.8 cm³/mol. The second-order valence-corrected chi connectivity index (χ2v) is 5.99. The van der Waals surface area contributed by atoms with Crippen LogP contribution in [0.1, 0.15) is 24.0 Å². The van der Waals surface area contributed by atoms with Crippen LogP contribution in [-0.2, 0) is 4.79 Å². The highest BCUT2D eigenvalue weighted by atomic mass is 19.1. The molecule has 1 fully saturated rings. The van der Waals surface area contributed by atoms with Crippen LogP contribution in [0, 0.1) is 0 Å². The molecule has 0 aliphatic carbocycles. The summed E-state index contributed by atoms with van der Waals surface area (Å²) in [6, 6.07) is 5.88. The highest BCUT2D eigenvalue weighted by molar-refractivity contribution is 5.96. The van der Waals surface area contributed by atoms with Crippen molar-refractivity contribution in [2.75, 3.05) is 16.8 Å². The first-order valence-electron chi connectivity index (χ1n) is 8.15. The van der Waals surface area contributed by atoms with Crippen LogP contribution in [0.15, 0.2) is 49.8 Å². The minimum atomic E-state index is -0.581. The summed E-state index contributed by atoms with van der Waals surface area (Å²) in [5.74, 6) is -0.413. The summed E-state index contributed by atoms with van der Waals surface area (Å²) >= 11 is 0. The van der Waals surface area contributed by atoms with Crippen molar-refractivity contribution in [3.63, 3.8) is 0 Å². The molecule has 0 aromatic carbocycles. The van der Waals surface area contributed by atoms with Crippen molar-refractivity contribution in [2.24, 2.45) is 0 Å². The number of amides is 1. The maximum atomic E-state index is 13.1. The molecule has 1 amide bonds. The van der Waals surface area contributed by atoms with E-state index in [0.717, 1.165) is 6.42 Å². The Morgan fingerprint density at radius 2 is 1.73 bits per heavy atom. The van der Waals surface area contributed by atoms with Gasteiger partial charge in [-0.15, -0.1) is 0 Å². The van der Waals surface area contributed by atoms with Crippen molar-refractivity contribution in [1.82, 2.24) is 9.97 Å². The van der Waals surface area contributed by atoms with Crippen LogP contribution in [0.5, 0.6) is 0 Å². The number of nitrogens with one attached hydrogen (secondary N) is 1. The first-order valence-corrected chi connectivity index (χ1v) is 8.15. The van der Waals surface area contributed by atoms with Gasteiger partial charge in [0.05, 0.1) is 0 Å². The van der Waals surface area contributed by atoms with E-state index in [9.17, 15) is 13.6 Å². The third kappa shape index (κ3) is 3.77. The normalized spacial score (nSPS) is 16.4. The molecule has 1 N–H and O–H groups in total. The minimum absolute atomic E-state index is 0.220. The molecular weight excluding hydrogens is 338 g/mol. The Morgan fingerprint density at radius 1 is 1.08 bits per heavy atom. The van der Waals surface area contributed by atoms with Crippen molar-refractivity contribution < 1.29 is 13.6 Å². The van der Waals surface area contributed by atoms with E-state index in [2.05, 4.69) is 28.4 Å². The van der Waals surface area contributed by atoms with Crippen LogP contribution in [0.25, 0.3) is 11.7 Å². The van der Waals surface area contributed by atoms with E-state index in [1.165, 1.54) is 24.5 Å². The number of pyridine rings is 2. The molecule has 7 heteroatoms. The van der Waals surface area contributed by atoms with E-state index in [4.69, 9.17) is 0 Å². The van der Waals surface area contributed by atoms with Gasteiger partial charge in [-0.05, 0) is 37.1 Å². The third-order valence-corrected chi connectivity index (χ3v) is 4.24. The summed E-state index contributed by atoms with van der Waals surface area (Å²) < 4.78 is 26.1. The molecule has 1 saturated heterocycles. The largest absolute Gasteiger partial charge is 0.345 e. The van der Waals surface area contributed by atoms with Gasteiger partial charge in [0, 0.05) is 30.1 Å². The number of carbonyl (C=O) groups is 1.